The van der Waals surface area contributed by atoms with Gasteiger partial charge in [0.25, 0.3) is 0 Å². The zero-order valence-corrected chi connectivity index (χ0v) is 9.75. The number of benzene rings is 1. The summed E-state index contributed by atoms with van der Waals surface area (Å²) in [5.74, 6) is 1.03. The lowest BCUT2D eigenvalue weighted by Crippen LogP contribution is -2.40. The van der Waals surface area contributed by atoms with Crippen LogP contribution in [0.3, 0.4) is 0 Å². The van der Waals surface area contributed by atoms with Gasteiger partial charge in [0.15, 0.2) is 5.78 Å². The van der Waals surface area contributed by atoms with Gasteiger partial charge >= 0.3 is 0 Å². The molecule has 0 heterocycles. The zero-order valence-electron chi connectivity index (χ0n) is 9.75. The number of nitrogens with one attached hydrogen (secondary N) is 1. The Kier molecular flexibility index (Phi) is 3.25. The summed E-state index contributed by atoms with van der Waals surface area (Å²) in [5.41, 5.74) is 1.88. The molecule has 0 saturated heterocycles. The highest BCUT2D eigenvalue weighted by Gasteiger charge is 2.28. The van der Waals surface area contributed by atoms with Crippen LogP contribution in [0.5, 0.6) is 5.75 Å². The number of fused-ring (bicyclic) bond motifs is 1. The van der Waals surface area contributed by atoms with Crippen molar-refractivity contribution in [3.8, 4) is 5.75 Å². The van der Waals surface area contributed by atoms with Crippen molar-refractivity contribution in [2.45, 2.75) is 25.8 Å². The van der Waals surface area contributed by atoms with E-state index in [1.54, 1.807) is 7.11 Å². The normalized spacial score (nSPS) is 19.4. The molecule has 1 aromatic rings. The molecular formula is C13H17NO2. The summed E-state index contributed by atoms with van der Waals surface area (Å²) in [6.45, 7) is 2.85. The first kappa shape index (κ1) is 11.1. The number of likely N-dealkylation sites (N-methyl/N-ethyl adjacent to an activating group) is 1. The maximum Gasteiger partial charge on any atom is 0.180 e. The number of methoxy groups -OCH3 is 1. The molecule has 86 valence electrons. The van der Waals surface area contributed by atoms with Gasteiger partial charge in [-0.3, -0.25) is 4.79 Å². The Morgan fingerprint density at radius 3 is 3.00 bits per heavy atom. The Hall–Kier alpha value is -1.35. The Labute approximate surface area is 95.8 Å². The van der Waals surface area contributed by atoms with Gasteiger partial charge in [0, 0.05) is 11.1 Å². The first-order valence-corrected chi connectivity index (χ1v) is 5.71. The Balaban J connectivity index is 2.35. The topological polar surface area (TPSA) is 38.3 Å². The molecule has 0 amide bonds. The van der Waals surface area contributed by atoms with E-state index in [1.165, 1.54) is 0 Å². The molecule has 0 aromatic heterocycles. The molecule has 0 radical (unpaired) electrons. The van der Waals surface area contributed by atoms with Gasteiger partial charge in [-0.2, -0.15) is 0 Å². The molecule has 1 unspecified atom stereocenters. The molecule has 2 rings (SSSR count). The second-order valence-electron chi connectivity index (χ2n) is 4.00. The van der Waals surface area contributed by atoms with Crippen LogP contribution < -0.4 is 10.1 Å². The Morgan fingerprint density at radius 2 is 2.31 bits per heavy atom. The van der Waals surface area contributed by atoms with Crippen LogP contribution in [0.2, 0.25) is 0 Å². The molecule has 0 saturated carbocycles. The molecule has 0 bridgehead atoms. The first-order valence-electron chi connectivity index (χ1n) is 5.71. The third-order valence-corrected chi connectivity index (χ3v) is 3.07. The summed E-state index contributed by atoms with van der Waals surface area (Å²) in [5, 5.41) is 3.22. The lowest BCUT2D eigenvalue weighted by Gasteiger charge is -2.25. The molecule has 0 fully saturated rings. The van der Waals surface area contributed by atoms with Crippen LogP contribution in [-0.4, -0.2) is 25.5 Å². The molecule has 1 N–H and O–H groups in total. The van der Waals surface area contributed by atoms with Crippen molar-refractivity contribution in [2.75, 3.05) is 13.7 Å². The van der Waals surface area contributed by atoms with Gasteiger partial charge in [0.1, 0.15) is 5.75 Å². The van der Waals surface area contributed by atoms with Crippen LogP contribution in [-0.2, 0) is 6.42 Å². The SMILES string of the molecule is CCNC1CCc2c(OC)cccc2C1=O. The maximum absolute atomic E-state index is 12.2. The monoisotopic (exact) mass is 219 g/mol. The molecule has 1 aliphatic carbocycles. The summed E-state index contributed by atoms with van der Waals surface area (Å²) in [6, 6.07) is 5.66. The molecule has 1 atom stereocenters. The van der Waals surface area contributed by atoms with E-state index >= 15 is 0 Å². The second-order valence-corrected chi connectivity index (χ2v) is 4.00. The quantitative estimate of drug-likeness (QED) is 0.842. The van der Waals surface area contributed by atoms with E-state index < -0.39 is 0 Å². The van der Waals surface area contributed by atoms with Gasteiger partial charge in [-0.05, 0) is 25.5 Å². The van der Waals surface area contributed by atoms with Gasteiger partial charge in [0.2, 0.25) is 0 Å². The minimum atomic E-state index is -0.0235. The fourth-order valence-electron chi connectivity index (χ4n) is 2.29. The number of rotatable bonds is 3. The van der Waals surface area contributed by atoms with Gasteiger partial charge < -0.3 is 10.1 Å². The smallest absolute Gasteiger partial charge is 0.180 e. The number of ether oxygens (including phenoxy) is 1. The summed E-state index contributed by atoms with van der Waals surface area (Å²) < 4.78 is 5.28. The van der Waals surface area contributed by atoms with E-state index in [4.69, 9.17) is 4.74 Å². The van der Waals surface area contributed by atoms with Crippen molar-refractivity contribution < 1.29 is 9.53 Å². The number of carbonyl (C=O) groups excluding carboxylic acids is 1. The third-order valence-electron chi connectivity index (χ3n) is 3.07. The average Bonchev–Trinajstić information content (AvgIpc) is 2.32. The molecular weight excluding hydrogens is 202 g/mol. The van der Waals surface area contributed by atoms with Crippen LogP contribution in [0.25, 0.3) is 0 Å². The first-order chi connectivity index (χ1) is 7.77. The van der Waals surface area contributed by atoms with Crippen molar-refractivity contribution in [3.63, 3.8) is 0 Å². The van der Waals surface area contributed by atoms with Crippen LogP contribution in [0.1, 0.15) is 29.3 Å². The largest absolute Gasteiger partial charge is 0.496 e. The minimum Gasteiger partial charge on any atom is -0.496 e. The summed E-state index contributed by atoms with van der Waals surface area (Å²) in [7, 11) is 1.65. The Morgan fingerprint density at radius 1 is 1.50 bits per heavy atom. The predicted molar refractivity (Wildman–Crippen MR) is 63.1 cm³/mol. The van der Waals surface area contributed by atoms with Gasteiger partial charge in [-0.15, -0.1) is 0 Å². The third kappa shape index (κ3) is 1.83. The molecule has 0 spiro atoms. The molecule has 0 aliphatic heterocycles. The lowest BCUT2D eigenvalue weighted by atomic mass is 9.86. The van der Waals surface area contributed by atoms with E-state index in [-0.39, 0.29) is 11.8 Å². The van der Waals surface area contributed by atoms with E-state index in [2.05, 4.69) is 5.32 Å². The predicted octanol–water partition coefficient (Wildman–Crippen LogP) is 1.80. The fourth-order valence-corrected chi connectivity index (χ4v) is 2.29. The van der Waals surface area contributed by atoms with E-state index in [9.17, 15) is 4.79 Å². The van der Waals surface area contributed by atoms with Gasteiger partial charge in [-0.25, -0.2) is 0 Å². The number of carbonyl (C=O) groups is 1. The molecule has 3 nitrogen and oxygen atoms in total. The summed E-state index contributed by atoms with van der Waals surface area (Å²) in [6.07, 6.45) is 1.77. The lowest BCUT2D eigenvalue weighted by molar-refractivity contribution is 0.0928. The van der Waals surface area contributed by atoms with Crippen LogP contribution in [0, 0.1) is 0 Å². The minimum absolute atomic E-state index is 0.0235. The van der Waals surface area contributed by atoms with E-state index in [0.29, 0.717) is 0 Å². The number of hydrogen-bond donors (Lipinski definition) is 1. The standard InChI is InChI=1S/C13H17NO2/c1-3-14-11-8-7-9-10(13(11)15)5-4-6-12(9)16-2/h4-6,11,14H,3,7-8H2,1-2H3. The van der Waals surface area contributed by atoms with E-state index in [1.807, 2.05) is 25.1 Å². The van der Waals surface area contributed by atoms with Crippen LogP contribution in [0.4, 0.5) is 0 Å². The van der Waals surface area contributed by atoms with Gasteiger partial charge in [-0.1, -0.05) is 19.1 Å². The molecule has 1 aromatic carbocycles. The van der Waals surface area contributed by atoms with E-state index in [0.717, 1.165) is 36.3 Å². The molecule has 1 aliphatic rings. The number of ketones is 1. The summed E-state index contributed by atoms with van der Waals surface area (Å²) in [4.78, 5) is 12.2. The highest BCUT2D eigenvalue weighted by Crippen LogP contribution is 2.29. The highest BCUT2D eigenvalue weighted by atomic mass is 16.5. The van der Waals surface area contributed by atoms with Crippen molar-refractivity contribution in [2.24, 2.45) is 0 Å². The Bertz CT molecular complexity index is 401. The highest BCUT2D eigenvalue weighted by molar-refractivity contribution is 6.02. The molecule has 16 heavy (non-hydrogen) atoms. The van der Waals surface area contributed by atoms with Crippen molar-refractivity contribution >= 4 is 5.78 Å². The van der Waals surface area contributed by atoms with Crippen molar-refractivity contribution in [1.29, 1.82) is 0 Å². The second kappa shape index (κ2) is 4.66. The molecule has 3 heteroatoms. The maximum atomic E-state index is 12.2. The van der Waals surface area contributed by atoms with Crippen LogP contribution in [0.15, 0.2) is 18.2 Å². The average molecular weight is 219 g/mol. The zero-order chi connectivity index (χ0) is 11.5. The van der Waals surface area contributed by atoms with Gasteiger partial charge in [0.05, 0.1) is 13.2 Å². The van der Waals surface area contributed by atoms with Crippen LogP contribution >= 0.6 is 0 Å². The summed E-state index contributed by atoms with van der Waals surface area (Å²) >= 11 is 0. The van der Waals surface area contributed by atoms with Crippen molar-refractivity contribution in [3.05, 3.63) is 29.3 Å². The van der Waals surface area contributed by atoms with Crippen molar-refractivity contribution in [1.82, 2.24) is 5.32 Å². The number of hydrogen-bond acceptors (Lipinski definition) is 3. The number of Topliss-reactive ketones (excluding diaryl/α,β-unsaturated/α-hetero) is 1. The fraction of sp³-hybridized carbons (Fsp3) is 0.462.